The van der Waals surface area contributed by atoms with Crippen LogP contribution in [0.5, 0.6) is 0 Å². The Morgan fingerprint density at radius 3 is 2.70 bits per heavy atom. The summed E-state index contributed by atoms with van der Waals surface area (Å²) in [7, 11) is 0. The van der Waals surface area contributed by atoms with Crippen LogP contribution in [0, 0.1) is 18.8 Å². The van der Waals surface area contributed by atoms with Gasteiger partial charge in [-0.25, -0.2) is 9.97 Å². The summed E-state index contributed by atoms with van der Waals surface area (Å²) in [5.41, 5.74) is 3.10. The van der Waals surface area contributed by atoms with Crippen molar-refractivity contribution in [2.75, 3.05) is 0 Å². The van der Waals surface area contributed by atoms with Crippen LogP contribution in [-0.4, -0.2) is 14.5 Å². The van der Waals surface area contributed by atoms with Crippen molar-refractivity contribution in [2.24, 2.45) is 11.8 Å². The largest absolute Gasteiger partial charge is 0.308 e. The summed E-state index contributed by atoms with van der Waals surface area (Å²) in [6.07, 6.45) is 4.39. The summed E-state index contributed by atoms with van der Waals surface area (Å²) in [6.45, 7) is 8.72. The molecule has 3 rings (SSSR count). The minimum atomic E-state index is -0.0902. The lowest BCUT2D eigenvalue weighted by Gasteiger charge is -2.23. The molecule has 1 aliphatic rings. The molecular formula is C16H22ClN3. The molecule has 1 saturated carbocycles. The number of fused-ring (bicyclic) bond motifs is 1. The number of aryl methyl sites for hydroxylation is 1. The highest BCUT2D eigenvalue weighted by Crippen LogP contribution is 2.42. The predicted octanol–water partition coefficient (Wildman–Crippen LogP) is 4.65. The fourth-order valence-electron chi connectivity index (χ4n) is 3.41. The predicted molar refractivity (Wildman–Crippen MR) is 83.1 cm³/mol. The van der Waals surface area contributed by atoms with E-state index >= 15 is 0 Å². The summed E-state index contributed by atoms with van der Waals surface area (Å²) in [5, 5.41) is -0.0902. The number of hydrogen-bond acceptors (Lipinski definition) is 2. The third kappa shape index (κ3) is 2.12. The summed E-state index contributed by atoms with van der Waals surface area (Å²) in [4.78, 5) is 9.38. The fourth-order valence-corrected chi connectivity index (χ4v) is 3.56. The molecule has 0 bridgehead atoms. The van der Waals surface area contributed by atoms with Crippen molar-refractivity contribution < 1.29 is 0 Å². The number of imidazole rings is 1. The first kappa shape index (κ1) is 13.9. The van der Waals surface area contributed by atoms with Gasteiger partial charge in [-0.3, -0.25) is 0 Å². The Bertz CT molecular complexity index is 632. The van der Waals surface area contributed by atoms with E-state index in [4.69, 9.17) is 16.6 Å². The molecule has 0 radical (unpaired) electrons. The van der Waals surface area contributed by atoms with Gasteiger partial charge in [-0.1, -0.05) is 13.8 Å². The van der Waals surface area contributed by atoms with E-state index < -0.39 is 0 Å². The van der Waals surface area contributed by atoms with Crippen molar-refractivity contribution in [3.05, 3.63) is 23.7 Å². The molecule has 0 spiro atoms. The summed E-state index contributed by atoms with van der Waals surface area (Å²) in [5.74, 6) is 2.36. The molecule has 4 atom stereocenters. The second-order valence-electron chi connectivity index (χ2n) is 6.29. The number of aromatic nitrogens is 3. The molecule has 3 nitrogen and oxygen atoms in total. The van der Waals surface area contributed by atoms with Gasteiger partial charge < -0.3 is 4.57 Å². The summed E-state index contributed by atoms with van der Waals surface area (Å²) in [6, 6.07) is 2.58. The van der Waals surface area contributed by atoms with Crippen LogP contribution >= 0.6 is 11.6 Å². The minimum Gasteiger partial charge on any atom is -0.308 e. The normalized spacial score (nSPS) is 28.1. The number of pyridine rings is 1. The Kier molecular flexibility index (Phi) is 3.49. The van der Waals surface area contributed by atoms with E-state index in [1.807, 2.05) is 13.1 Å². The molecule has 4 unspecified atom stereocenters. The van der Waals surface area contributed by atoms with Crippen molar-refractivity contribution in [3.63, 3.8) is 0 Å². The molecule has 108 valence electrons. The number of hydrogen-bond donors (Lipinski definition) is 0. The maximum Gasteiger partial charge on any atom is 0.160 e. The Morgan fingerprint density at radius 1 is 1.35 bits per heavy atom. The zero-order chi connectivity index (χ0) is 14.4. The molecule has 20 heavy (non-hydrogen) atoms. The van der Waals surface area contributed by atoms with Crippen LogP contribution in [0.25, 0.3) is 11.2 Å². The van der Waals surface area contributed by atoms with Gasteiger partial charge in [0.15, 0.2) is 5.65 Å². The van der Waals surface area contributed by atoms with Gasteiger partial charge in [-0.15, -0.1) is 11.6 Å². The van der Waals surface area contributed by atoms with Crippen LogP contribution < -0.4 is 0 Å². The molecule has 2 heterocycles. The number of alkyl halides is 1. The zero-order valence-electron chi connectivity index (χ0n) is 12.6. The van der Waals surface area contributed by atoms with E-state index in [0.29, 0.717) is 12.0 Å². The smallest absolute Gasteiger partial charge is 0.160 e. The Hall–Kier alpha value is -1.09. The second kappa shape index (κ2) is 5.03. The zero-order valence-corrected chi connectivity index (χ0v) is 13.4. The quantitative estimate of drug-likeness (QED) is 0.754. The lowest BCUT2D eigenvalue weighted by atomic mass is 9.97. The SMILES string of the molecule is Cc1cnc2c(c1)nc(C(C)Cl)n2C1CCC(C)C1C. The van der Waals surface area contributed by atoms with Gasteiger partial charge in [-0.2, -0.15) is 0 Å². The van der Waals surface area contributed by atoms with Gasteiger partial charge in [0.2, 0.25) is 0 Å². The van der Waals surface area contributed by atoms with Crippen molar-refractivity contribution in [2.45, 2.75) is 52.0 Å². The Morgan fingerprint density at radius 2 is 2.10 bits per heavy atom. The van der Waals surface area contributed by atoms with Gasteiger partial charge in [0.25, 0.3) is 0 Å². The van der Waals surface area contributed by atoms with Crippen LogP contribution in [0.2, 0.25) is 0 Å². The molecular weight excluding hydrogens is 270 g/mol. The lowest BCUT2D eigenvalue weighted by Crippen LogP contribution is -2.17. The van der Waals surface area contributed by atoms with Crippen molar-refractivity contribution in [3.8, 4) is 0 Å². The second-order valence-corrected chi connectivity index (χ2v) is 6.95. The van der Waals surface area contributed by atoms with E-state index in [1.54, 1.807) is 0 Å². The topological polar surface area (TPSA) is 30.7 Å². The van der Waals surface area contributed by atoms with Gasteiger partial charge in [0.1, 0.15) is 11.3 Å². The van der Waals surface area contributed by atoms with E-state index in [2.05, 4.69) is 36.4 Å². The van der Waals surface area contributed by atoms with E-state index in [-0.39, 0.29) is 5.38 Å². The number of nitrogens with zero attached hydrogens (tertiary/aromatic N) is 3. The molecule has 4 heteroatoms. The third-order valence-electron chi connectivity index (χ3n) is 4.80. The minimum absolute atomic E-state index is 0.0902. The molecule has 0 aliphatic heterocycles. The Balaban J connectivity index is 2.19. The monoisotopic (exact) mass is 291 g/mol. The van der Waals surface area contributed by atoms with Crippen LogP contribution in [0.3, 0.4) is 0 Å². The van der Waals surface area contributed by atoms with Crippen LogP contribution in [-0.2, 0) is 0 Å². The highest BCUT2D eigenvalue weighted by molar-refractivity contribution is 6.20. The highest BCUT2D eigenvalue weighted by Gasteiger charge is 2.34. The first-order chi connectivity index (χ1) is 9.49. The average molecular weight is 292 g/mol. The number of halogens is 1. The van der Waals surface area contributed by atoms with E-state index in [1.165, 1.54) is 12.8 Å². The molecule has 0 N–H and O–H groups in total. The molecule has 2 aromatic rings. The van der Waals surface area contributed by atoms with Crippen molar-refractivity contribution in [1.82, 2.24) is 14.5 Å². The van der Waals surface area contributed by atoms with E-state index in [0.717, 1.165) is 28.5 Å². The van der Waals surface area contributed by atoms with E-state index in [9.17, 15) is 0 Å². The van der Waals surface area contributed by atoms with Crippen molar-refractivity contribution in [1.29, 1.82) is 0 Å². The highest BCUT2D eigenvalue weighted by atomic mass is 35.5. The molecule has 0 saturated heterocycles. The Labute approximate surface area is 125 Å². The molecule has 0 aromatic carbocycles. The summed E-state index contributed by atoms with van der Waals surface area (Å²) < 4.78 is 2.31. The first-order valence-electron chi connectivity index (χ1n) is 7.47. The molecule has 2 aromatic heterocycles. The fraction of sp³-hybridized carbons (Fsp3) is 0.625. The van der Waals surface area contributed by atoms with Gasteiger partial charge in [0, 0.05) is 12.2 Å². The van der Waals surface area contributed by atoms with Crippen LogP contribution in [0.4, 0.5) is 0 Å². The molecule has 1 fully saturated rings. The number of rotatable bonds is 2. The van der Waals surface area contributed by atoms with Gasteiger partial charge in [0.05, 0.1) is 5.38 Å². The van der Waals surface area contributed by atoms with Crippen LogP contribution in [0.15, 0.2) is 12.3 Å². The van der Waals surface area contributed by atoms with Crippen molar-refractivity contribution >= 4 is 22.8 Å². The van der Waals surface area contributed by atoms with Gasteiger partial charge in [-0.05, 0) is 50.2 Å². The van der Waals surface area contributed by atoms with Crippen LogP contribution in [0.1, 0.15) is 56.4 Å². The first-order valence-corrected chi connectivity index (χ1v) is 7.91. The maximum absolute atomic E-state index is 6.37. The molecule has 1 aliphatic carbocycles. The summed E-state index contributed by atoms with van der Waals surface area (Å²) >= 11 is 6.37. The standard InChI is InChI=1S/C16H22ClN3/c1-9-7-13-16(18-8-9)20(15(19-13)12(4)17)14-6-5-10(2)11(14)3/h7-8,10-12,14H,5-6H2,1-4H3. The maximum atomic E-state index is 6.37. The van der Waals surface area contributed by atoms with Gasteiger partial charge >= 0.3 is 0 Å². The molecule has 0 amide bonds. The lowest BCUT2D eigenvalue weighted by molar-refractivity contribution is 0.351. The third-order valence-corrected chi connectivity index (χ3v) is 5.00. The average Bonchev–Trinajstić information content (AvgIpc) is 2.91.